The molecule has 20 heavy (non-hydrogen) atoms. The van der Waals surface area contributed by atoms with Gasteiger partial charge in [-0.3, -0.25) is 0 Å². The topological polar surface area (TPSA) is 49.9 Å². The van der Waals surface area contributed by atoms with Crippen LogP contribution in [0.4, 0.5) is 0 Å². The molecule has 0 bridgehead atoms. The second-order valence-electron chi connectivity index (χ2n) is 5.38. The zero-order valence-electron chi connectivity index (χ0n) is 11.8. The number of aromatic nitrogens is 2. The molecule has 2 aromatic rings. The highest BCUT2D eigenvalue weighted by molar-refractivity contribution is 5.30. The standard InChI is InChI=1S/C16H21N3O/c1-20-15-4-2-12(3-5-15)13-10-14(11-13)17-7-6-16-18-8-9-19-16/h2-5,8-9,13-14,17H,6-7,10-11H2,1H3,(H,18,19). The lowest BCUT2D eigenvalue weighted by molar-refractivity contribution is 0.292. The smallest absolute Gasteiger partial charge is 0.118 e. The van der Waals surface area contributed by atoms with E-state index in [1.165, 1.54) is 18.4 Å². The molecule has 0 unspecified atom stereocenters. The second-order valence-corrected chi connectivity index (χ2v) is 5.38. The summed E-state index contributed by atoms with van der Waals surface area (Å²) in [6.45, 7) is 0.994. The van der Waals surface area contributed by atoms with Gasteiger partial charge in [0.1, 0.15) is 11.6 Å². The van der Waals surface area contributed by atoms with Gasteiger partial charge in [0, 0.05) is 31.4 Å². The maximum atomic E-state index is 5.19. The summed E-state index contributed by atoms with van der Waals surface area (Å²) in [6, 6.07) is 9.11. The van der Waals surface area contributed by atoms with Crippen molar-refractivity contribution >= 4 is 0 Å². The van der Waals surface area contributed by atoms with Crippen LogP contribution in [-0.2, 0) is 6.42 Å². The van der Waals surface area contributed by atoms with Crippen LogP contribution in [0.1, 0.15) is 30.1 Å². The van der Waals surface area contributed by atoms with Gasteiger partial charge in [-0.15, -0.1) is 0 Å². The molecule has 0 saturated heterocycles. The van der Waals surface area contributed by atoms with Crippen LogP contribution in [-0.4, -0.2) is 29.7 Å². The molecule has 106 valence electrons. The van der Waals surface area contributed by atoms with E-state index in [0.29, 0.717) is 12.0 Å². The molecule has 1 aliphatic carbocycles. The fourth-order valence-electron chi connectivity index (χ4n) is 2.76. The Kier molecular flexibility index (Phi) is 4.02. The molecule has 1 saturated carbocycles. The fourth-order valence-corrected chi connectivity index (χ4v) is 2.76. The number of nitrogens with one attached hydrogen (secondary N) is 2. The minimum atomic E-state index is 0.650. The molecule has 0 spiro atoms. The first-order chi connectivity index (χ1) is 9.85. The normalized spacial score (nSPS) is 21.4. The summed E-state index contributed by atoms with van der Waals surface area (Å²) in [4.78, 5) is 7.36. The van der Waals surface area contributed by atoms with E-state index in [4.69, 9.17) is 4.74 Å². The van der Waals surface area contributed by atoms with Crippen molar-refractivity contribution < 1.29 is 4.74 Å². The molecular formula is C16H21N3O. The van der Waals surface area contributed by atoms with Crippen LogP contribution >= 0.6 is 0 Å². The predicted octanol–water partition coefficient (Wildman–Crippen LogP) is 2.50. The van der Waals surface area contributed by atoms with Crippen molar-refractivity contribution in [2.75, 3.05) is 13.7 Å². The number of hydrogen-bond donors (Lipinski definition) is 2. The monoisotopic (exact) mass is 271 g/mol. The molecule has 1 aromatic heterocycles. The van der Waals surface area contributed by atoms with Gasteiger partial charge in [-0.1, -0.05) is 12.1 Å². The highest BCUT2D eigenvalue weighted by Gasteiger charge is 2.29. The van der Waals surface area contributed by atoms with E-state index in [2.05, 4.69) is 27.4 Å². The van der Waals surface area contributed by atoms with Gasteiger partial charge in [0.05, 0.1) is 7.11 Å². The summed E-state index contributed by atoms with van der Waals surface area (Å²) < 4.78 is 5.19. The average Bonchev–Trinajstić information content (AvgIpc) is 2.95. The molecule has 1 aromatic carbocycles. The number of rotatable bonds is 6. The molecule has 1 heterocycles. The van der Waals surface area contributed by atoms with Crippen LogP contribution in [0.3, 0.4) is 0 Å². The third kappa shape index (κ3) is 3.02. The number of imidazole rings is 1. The van der Waals surface area contributed by atoms with Crippen LogP contribution in [0.25, 0.3) is 0 Å². The summed E-state index contributed by atoms with van der Waals surface area (Å²) in [5.74, 6) is 2.69. The van der Waals surface area contributed by atoms with Gasteiger partial charge < -0.3 is 15.0 Å². The first kappa shape index (κ1) is 13.2. The van der Waals surface area contributed by atoms with Gasteiger partial charge in [-0.2, -0.15) is 0 Å². The highest BCUT2D eigenvalue weighted by Crippen LogP contribution is 2.37. The molecule has 2 N–H and O–H groups in total. The van der Waals surface area contributed by atoms with Crippen molar-refractivity contribution in [2.24, 2.45) is 0 Å². The summed E-state index contributed by atoms with van der Waals surface area (Å²) in [7, 11) is 1.71. The first-order valence-corrected chi connectivity index (χ1v) is 7.21. The number of methoxy groups -OCH3 is 1. The van der Waals surface area contributed by atoms with Crippen LogP contribution in [0.5, 0.6) is 5.75 Å². The molecule has 3 rings (SSSR count). The third-order valence-corrected chi connectivity index (χ3v) is 4.07. The van der Waals surface area contributed by atoms with E-state index in [1.54, 1.807) is 13.3 Å². The van der Waals surface area contributed by atoms with E-state index < -0.39 is 0 Å². The Morgan fingerprint density at radius 3 is 2.75 bits per heavy atom. The molecule has 0 radical (unpaired) electrons. The SMILES string of the molecule is COc1ccc(C2CC(NCCc3ncc[nH]3)C2)cc1. The van der Waals surface area contributed by atoms with E-state index in [-0.39, 0.29) is 0 Å². The van der Waals surface area contributed by atoms with Crippen molar-refractivity contribution in [3.63, 3.8) is 0 Å². The van der Waals surface area contributed by atoms with Crippen LogP contribution in [0.15, 0.2) is 36.7 Å². The number of ether oxygens (including phenoxy) is 1. The first-order valence-electron chi connectivity index (χ1n) is 7.21. The summed E-state index contributed by atoms with van der Waals surface area (Å²) in [6.07, 6.45) is 7.10. The number of nitrogens with zero attached hydrogens (tertiary/aromatic N) is 1. The largest absolute Gasteiger partial charge is 0.497 e. The van der Waals surface area contributed by atoms with E-state index in [1.807, 2.05) is 18.3 Å². The molecule has 0 amide bonds. The minimum Gasteiger partial charge on any atom is -0.497 e. The van der Waals surface area contributed by atoms with Gasteiger partial charge in [-0.05, 0) is 36.5 Å². The number of hydrogen-bond acceptors (Lipinski definition) is 3. The van der Waals surface area contributed by atoms with Gasteiger partial charge in [0.15, 0.2) is 0 Å². The maximum absolute atomic E-state index is 5.19. The quantitative estimate of drug-likeness (QED) is 0.848. The van der Waals surface area contributed by atoms with Crippen LogP contribution in [0, 0.1) is 0 Å². The molecule has 0 aliphatic heterocycles. The van der Waals surface area contributed by atoms with Crippen molar-refractivity contribution in [3.8, 4) is 5.75 Å². The average molecular weight is 271 g/mol. The van der Waals surface area contributed by atoms with Crippen molar-refractivity contribution in [1.29, 1.82) is 0 Å². The van der Waals surface area contributed by atoms with E-state index in [9.17, 15) is 0 Å². The Bertz CT molecular complexity index is 515. The van der Waals surface area contributed by atoms with Crippen molar-refractivity contribution in [2.45, 2.75) is 31.2 Å². The van der Waals surface area contributed by atoms with E-state index in [0.717, 1.165) is 24.5 Å². The third-order valence-electron chi connectivity index (χ3n) is 4.07. The second kappa shape index (κ2) is 6.09. The van der Waals surface area contributed by atoms with Gasteiger partial charge in [0.25, 0.3) is 0 Å². The molecule has 1 aliphatic rings. The fraction of sp³-hybridized carbons (Fsp3) is 0.438. The van der Waals surface area contributed by atoms with Gasteiger partial charge in [-0.25, -0.2) is 4.98 Å². The zero-order valence-corrected chi connectivity index (χ0v) is 11.8. The molecule has 4 nitrogen and oxygen atoms in total. The van der Waals surface area contributed by atoms with Gasteiger partial charge in [0.2, 0.25) is 0 Å². The molecule has 1 fully saturated rings. The number of benzene rings is 1. The predicted molar refractivity (Wildman–Crippen MR) is 79.1 cm³/mol. The van der Waals surface area contributed by atoms with Crippen molar-refractivity contribution in [3.05, 3.63) is 48.0 Å². The van der Waals surface area contributed by atoms with Gasteiger partial charge >= 0.3 is 0 Å². The van der Waals surface area contributed by atoms with E-state index >= 15 is 0 Å². The number of H-pyrrole nitrogens is 1. The summed E-state index contributed by atoms with van der Waals surface area (Å²) >= 11 is 0. The molecular weight excluding hydrogens is 250 g/mol. The molecule has 4 heteroatoms. The Hall–Kier alpha value is -1.81. The maximum Gasteiger partial charge on any atom is 0.118 e. The van der Waals surface area contributed by atoms with Crippen LogP contribution < -0.4 is 10.1 Å². The van der Waals surface area contributed by atoms with Crippen molar-refractivity contribution in [1.82, 2.24) is 15.3 Å². The minimum absolute atomic E-state index is 0.650. The lowest BCUT2D eigenvalue weighted by Gasteiger charge is -2.36. The summed E-state index contributed by atoms with van der Waals surface area (Å²) in [5, 5.41) is 3.59. The Morgan fingerprint density at radius 2 is 2.10 bits per heavy atom. The zero-order chi connectivity index (χ0) is 13.8. The lowest BCUT2D eigenvalue weighted by Crippen LogP contribution is -2.41. The van der Waals surface area contributed by atoms with Crippen LogP contribution in [0.2, 0.25) is 0 Å². The Balaban J connectivity index is 1.39. The Labute approximate surface area is 119 Å². The lowest BCUT2D eigenvalue weighted by atomic mass is 9.76. The molecule has 0 atom stereocenters. The Morgan fingerprint density at radius 1 is 1.30 bits per heavy atom. The highest BCUT2D eigenvalue weighted by atomic mass is 16.5. The summed E-state index contributed by atoms with van der Waals surface area (Å²) in [5.41, 5.74) is 1.43. The number of aromatic amines is 1.